The minimum absolute atomic E-state index is 0.0751. The molecule has 0 radical (unpaired) electrons. The number of hydrogen-bond donors (Lipinski definition) is 1. The zero-order chi connectivity index (χ0) is 38.4. The number of para-hydroxylation sites is 1. The maximum absolute atomic E-state index is 5.18. The van der Waals surface area contributed by atoms with Crippen molar-refractivity contribution in [2.75, 3.05) is 0 Å². The molecule has 6 heteroatoms. The van der Waals surface area contributed by atoms with Crippen molar-refractivity contribution in [3.63, 3.8) is 0 Å². The summed E-state index contributed by atoms with van der Waals surface area (Å²) in [5.74, 6) is 0.827. The van der Waals surface area contributed by atoms with Crippen molar-refractivity contribution in [2.45, 2.75) is 6.04 Å². The second-order valence-electron chi connectivity index (χ2n) is 14.5. The molecule has 0 fully saturated rings. The molecular weight excluding hydrogens is 727 g/mol. The number of pyridine rings is 2. The average molecular weight is 762 g/mol. The third-order valence-corrected chi connectivity index (χ3v) is 12.4. The molecule has 6 aromatic carbocycles. The van der Waals surface area contributed by atoms with Gasteiger partial charge in [0.1, 0.15) is 5.84 Å². The highest BCUT2D eigenvalue weighted by atomic mass is 32.1. The molecule has 0 spiro atoms. The number of nitrogens with one attached hydrogen (secondary N) is 1. The fourth-order valence-electron chi connectivity index (χ4n) is 8.31. The zero-order valence-electron chi connectivity index (χ0n) is 31.3. The lowest BCUT2D eigenvalue weighted by Gasteiger charge is -2.25. The number of nitrogens with zero attached hydrogens (tertiary/aromatic N) is 4. The fraction of sp³-hybridized carbons (Fsp3) is 0.0192. The summed E-state index contributed by atoms with van der Waals surface area (Å²) in [5.41, 5.74) is 13.6. The lowest BCUT2D eigenvalue weighted by molar-refractivity contribution is 0.781. The van der Waals surface area contributed by atoms with E-state index < -0.39 is 0 Å². The summed E-state index contributed by atoms with van der Waals surface area (Å²) in [6.45, 7) is 0. The Balaban J connectivity index is 1.01. The molecule has 5 heterocycles. The molecule has 0 saturated heterocycles. The van der Waals surface area contributed by atoms with E-state index in [2.05, 4.69) is 172 Å². The summed E-state index contributed by atoms with van der Waals surface area (Å²) in [5, 5.41) is 7.56. The minimum atomic E-state index is -0.0751. The maximum atomic E-state index is 5.18. The summed E-state index contributed by atoms with van der Waals surface area (Å²) in [4.78, 5) is 14.9. The van der Waals surface area contributed by atoms with Gasteiger partial charge in [-0.25, -0.2) is 4.99 Å². The van der Waals surface area contributed by atoms with E-state index in [0.717, 1.165) is 45.0 Å². The van der Waals surface area contributed by atoms with Crippen LogP contribution < -0.4 is 5.32 Å². The molecule has 10 aromatic rings. The molecule has 1 aliphatic heterocycles. The maximum Gasteiger partial charge on any atom is 0.134 e. The van der Waals surface area contributed by atoms with Crippen LogP contribution in [0.5, 0.6) is 0 Å². The Labute approximate surface area is 340 Å². The van der Waals surface area contributed by atoms with Crippen LogP contribution in [0, 0.1) is 0 Å². The average Bonchev–Trinajstić information content (AvgIpc) is 3.87. The van der Waals surface area contributed by atoms with Gasteiger partial charge in [-0.15, -0.1) is 11.3 Å². The van der Waals surface area contributed by atoms with Crippen LogP contribution >= 0.6 is 11.3 Å². The SMILES string of the molecule is C1=C(c2ccncc2)N=C(c2ccc(-n3c4ccccc4c4c5sc(-c6ccccc6)c(-c6ccccc6)c5ccc43)cc2)NC1c1ccc(-c2ccncc2)cc1. The van der Waals surface area contributed by atoms with E-state index >= 15 is 0 Å². The van der Waals surface area contributed by atoms with Crippen molar-refractivity contribution in [1.29, 1.82) is 0 Å². The van der Waals surface area contributed by atoms with E-state index in [1.807, 2.05) is 60.4 Å². The first-order valence-electron chi connectivity index (χ1n) is 19.4. The van der Waals surface area contributed by atoms with Gasteiger partial charge in [0.25, 0.3) is 0 Å². The van der Waals surface area contributed by atoms with Crippen LogP contribution in [0.4, 0.5) is 0 Å². The quantitative estimate of drug-likeness (QED) is 0.176. The first-order chi connectivity index (χ1) is 28.8. The van der Waals surface area contributed by atoms with Crippen LogP contribution in [0.3, 0.4) is 0 Å². The molecule has 1 N–H and O–H groups in total. The monoisotopic (exact) mass is 761 g/mol. The Morgan fingerprint density at radius 2 is 1.10 bits per heavy atom. The van der Waals surface area contributed by atoms with Crippen LogP contribution in [0.15, 0.2) is 206 Å². The molecule has 0 amide bonds. The van der Waals surface area contributed by atoms with Crippen molar-refractivity contribution in [1.82, 2.24) is 19.9 Å². The van der Waals surface area contributed by atoms with E-state index in [1.54, 1.807) is 0 Å². The minimum Gasteiger partial charge on any atom is -0.359 e. The normalized spacial score (nSPS) is 14.0. The highest BCUT2D eigenvalue weighted by Crippen LogP contribution is 2.49. The lowest BCUT2D eigenvalue weighted by Crippen LogP contribution is -2.31. The van der Waals surface area contributed by atoms with Crippen molar-refractivity contribution in [3.05, 3.63) is 217 Å². The van der Waals surface area contributed by atoms with Crippen LogP contribution in [-0.4, -0.2) is 20.4 Å². The van der Waals surface area contributed by atoms with Gasteiger partial charge >= 0.3 is 0 Å². The van der Waals surface area contributed by atoms with Gasteiger partial charge in [0.2, 0.25) is 0 Å². The molecule has 4 aromatic heterocycles. The third kappa shape index (κ3) is 5.90. The highest BCUT2D eigenvalue weighted by Gasteiger charge is 2.23. The van der Waals surface area contributed by atoms with Crippen molar-refractivity contribution in [2.24, 2.45) is 4.99 Å². The summed E-state index contributed by atoms with van der Waals surface area (Å²) in [7, 11) is 0. The molecule has 0 aliphatic carbocycles. The molecule has 1 atom stereocenters. The van der Waals surface area contributed by atoms with Crippen LogP contribution in [0.25, 0.3) is 76.0 Å². The summed E-state index contributed by atoms with van der Waals surface area (Å²) in [6.07, 6.45) is 9.50. The molecule has 1 aliphatic rings. The van der Waals surface area contributed by atoms with Gasteiger partial charge in [0, 0.05) is 72.9 Å². The first kappa shape index (κ1) is 33.9. The smallest absolute Gasteiger partial charge is 0.134 e. The number of aromatic nitrogens is 3. The summed E-state index contributed by atoms with van der Waals surface area (Å²) >= 11 is 1.89. The van der Waals surface area contributed by atoms with E-state index in [-0.39, 0.29) is 6.04 Å². The van der Waals surface area contributed by atoms with Gasteiger partial charge in [-0.3, -0.25) is 9.97 Å². The molecule has 5 nitrogen and oxygen atoms in total. The second-order valence-corrected chi connectivity index (χ2v) is 15.5. The predicted octanol–water partition coefficient (Wildman–Crippen LogP) is 12.9. The molecule has 58 heavy (non-hydrogen) atoms. The topological polar surface area (TPSA) is 55.1 Å². The van der Waals surface area contributed by atoms with E-state index in [4.69, 9.17) is 4.99 Å². The third-order valence-electron chi connectivity index (χ3n) is 11.1. The Hall–Kier alpha value is -7.41. The molecule has 0 saturated carbocycles. The molecule has 274 valence electrons. The van der Waals surface area contributed by atoms with Crippen LogP contribution in [-0.2, 0) is 0 Å². The van der Waals surface area contributed by atoms with Crippen LogP contribution in [0.2, 0.25) is 0 Å². The van der Waals surface area contributed by atoms with Crippen molar-refractivity contribution >= 4 is 54.8 Å². The van der Waals surface area contributed by atoms with Gasteiger partial charge in [-0.2, -0.15) is 0 Å². The van der Waals surface area contributed by atoms with Gasteiger partial charge in [0.15, 0.2) is 0 Å². The number of thiophene rings is 1. The Morgan fingerprint density at radius 1 is 0.483 bits per heavy atom. The number of rotatable bonds is 7. The first-order valence-corrected chi connectivity index (χ1v) is 20.3. The lowest BCUT2D eigenvalue weighted by atomic mass is 9.98. The molecule has 11 rings (SSSR count). The van der Waals surface area contributed by atoms with Crippen molar-refractivity contribution < 1.29 is 0 Å². The summed E-state index contributed by atoms with van der Waals surface area (Å²) in [6, 6.07) is 60.6. The van der Waals surface area contributed by atoms with Crippen LogP contribution in [0.1, 0.15) is 22.7 Å². The zero-order valence-corrected chi connectivity index (χ0v) is 32.1. The number of benzene rings is 6. The van der Waals surface area contributed by atoms with E-state index in [0.29, 0.717) is 0 Å². The number of fused-ring (bicyclic) bond motifs is 5. The van der Waals surface area contributed by atoms with Gasteiger partial charge in [-0.05, 0) is 94.6 Å². The number of amidine groups is 1. The number of aliphatic imine (C=N–C) groups is 1. The molecule has 1 unspecified atom stereocenters. The largest absolute Gasteiger partial charge is 0.359 e. The molecule has 0 bridgehead atoms. The number of hydrogen-bond acceptors (Lipinski definition) is 5. The Kier molecular flexibility index (Phi) is 8.34. The standard InChI is InChI=1S/C52H35N5S/c1-3-9-38(10-4-1)48-43-23-24-47-49(51(43)58-50(48)39-11-5-2-6-12-39)42-13-7-8-14-46(42)57(47)41-21-19-40(20-22-41)52-55-44(33-45(56-52)37-27-31-54-32-28-37)36-17-15-34(16-18-36)35-25-29-53-30-26-35/h1-33,44H,(H,55,56). The van der Waals surface area contributed by atoms with E-state index in [9.17, 15) is 0 Å². The summed E-state index contributed by atoms with van der Waals surface area (Å²) < 4.78 is 3.71. The van der Waals surface area contributed by atoms with Gasteiger partial charge in [-0.1, -0.05) is 109 Å². The van der Waals surface area contributed by atoms with Gasteiger partial charge < -0.3 is 9.88 Å². The molecular formula is C52H35N5S. The predicted molar refractivity (Wildman–Crippen MR) is 241 cm³/mol. The van der Waals surface area contributed by atoms with Crippen molar-refractivity contribution in [3.8, 4) is 38.4 Å². The highest BCUT2D eigenvalue weighted by molar-refractivity contribution is 7.24. The Morgan fingerprint density at radius 3 is 1.83 bits per heavy atom. The fourth-order valence-corrected chi connectivity index (χ4v) is 9.70. The van der Waals surface area contributed by atoms with Gasteiger partial charge in [0.05, 0.1) is 22.8 Å². The Bertz CT molecular complexity index is 3150. The second kappa shape index (κ2) is 14.3. The van der Waals surface area contributed by atoms with E-state index in [1.165, 1.54) is 53.5 Å².